The van der Waals surface area contributed by atoms with E-state index in [-0.39, 0.29) is 6.61 Å². The molecule has 0 aliphatic rings. The van der Waals surface area contributed by atoms with E-state index in [0.717, 1.165) is 30.0 Å². The lowest BCUT2D eigenvalue weighted by Crippen LogP contribution is -2.14. The molecule has 3 nitrogen and oxygen atoms in total. The SMILES string of the molecule is CCOc1cccc(CNCc2ccccc2CO)c1. The molecule has 2 rings (SSSR count). The molecule has 0 amide bonds. The zero-order chi connectivity index (χ0) is 14.2. The second-order valence-electron chi connectivity index (χ2n) is 4.61. The number of hydrogen-bond donors (Lipinski definition) is 2. The number of rotatable bonds is 7. The first kappa shape index (κ1) is 14.6. The third-order valence-electron chi connectivity index (χ3n) is 3.14. The summed E-state index contributed by atoms with van der Waals surface area (Å²) in [5.74, 6) is 0.905. The Morgan fingerprint density at radius 3 is 2.55 bits per heavy atom. The van der Waals surface area contributed by atoms with Gasteiger partial charge >= 0.3 is 0 Å². The van der Waals surface area contributed by atoms with Gasteiger partial charge in [0.2, 0.25) is 0 Å². The molecule has 106 valence electrons. The quantitative estimate of drug-likeness (QED) is 0.813. The largest absolute Gasteiger partial charge is 0.494 e. The molecule has 0 aromatic heterocycles. The third kappa shape index (κ3) is 4.08. The van der Waals surface area contributed by atoms with Gasteiger partial charge in [-0.05, 0) is 35.7 Å². The summed E-state index contributed by atoms with van der Waals surface area (Å²) in [6.45, 7) is 4.27. The minimum absolute atomic E-state index is 0.0810. The molecule has 0 heterocycles. The monoisotopic (exact) mass is 271 g/mol. The van der Waals surface area contributed by atoms with Crippen molar-refractivity contribution < 1.29 is 9.84 Å². The first-order valence-corrected chi connectivity index (χ1v) is 6.93. The maximum Gasteiger partial charge on any atom is 0.119 e. The first-order chi connectivity index (χ1) is 9.83. The van der Waals surface area contributed by atoms with Crippen molar-refractivity contribution in [1.29, 1.82) is 0 Å². The fourth-order valence-corrected chi connectivity index (χ4v) is 2.14. The molecule has 0 radical (unpaired) electrons. The second kappa shape index (κ2) is 7.68. The van der Waals surface area contributed by atoms with E-state index in [2.05, 4.69) is 17.4 Å². The minimum atomic E-state index is 0.0810. The van der Waals surface area contributed by atoms with Crippen LogP contribution in [0.2, 0.25) is 0 Å². The van der Waals surface area contributed by atoms with Gasteiger partial charge in [-0.2, -0.15) is 0 Å². The lowest BCUT2D eigenvalue weighted by Gasteiger charge is -2.10. The molecule has 2 aromatic rings. The summed E-state index contributed by atoms with van der Waals surface area (Å²) in [6, 6.07) is 16.0. The lowest BCUT2D eigenvalue weighted by molar-refractivity contribution is 0.280. The number of ether oxygens (including phenoxy) is 1. The molecule has 0 saturated heterocycles. The summed E-state index contributed by atoms with van der Waals surface area (Å²) in [5.41, 5.74) is 3.30. The summed E-state index contributed by atoms with van der Waals surface area (Å²) in [4.78, 5) is 0. The highest BCUT2D eigenvalue weighted by Crippen LogP contribution is 2.13. The van der Waals surface area contributed by atoms with Gasteiger partial charge in [-0.1, -0.05) is 36.4 Å². The zero-order valence-electron chi connectivity index (χ0n) is 11.8. The Labute approximate surface area is 120 Å². The average molecular weight is 271 g/mol. The fourth-order valence-electron chi connectivity index (χ4n) is 2.14. The summed E-state index contributed by atoms with van der Waals surface area (Å²) in [5, 5.41) is 12.7. The highest BCUT2D eigenvalue weighted by atomic mass is 16.5. The van der Waals surface area contributed by atoms with Crippen molar-refractivity contribution in [2.75, 3.05) is 6.61 Å². The zero-order valence-corrected chi connectivity index (χ0v) is 11.8. The molecule has 2 N–H and O–H groups in total. The molecular formula is C17H21NO2. The van der Waals surface area contributed by atoms with Gasteiger partial charge in [-0.25, -0.2) is 0 Å². The van der Waals surface area contributed by atoms with Gasteiger partial charge in [0.1, 0.15) is 5.75 Å². The van der Waals surface area contributed by atoms with Crippen LogP contribution in [0.5, 0.6) is 5.75 Å². The third-order valence-corrected chi connectivity index (χ3v) is 3.14. The Kier molecular flexibility index (Phi) is 5.59. The van der Waals surface area contributed by atoms with E-state index >= 15 is 0 Å². The molecule has 0 saturated carbocycles. The van der Waals surface area contributed by atoms with Crippen LogP contribution in [0.25, 0.3) is 0 Å². The molecule has 0 spiro atoms. The molecule has 0 bridgehead atoms. The average Bonchev–Trinajstić information content (AvgIpc) is 2.48. The van der Waals surface area contributed by atoms with E-state index in [1.807, 2.05) is 43.3 Å². The van der Waals surface area contributed by atoms with Crippen LogP contribution < -0.4 is 10.1 Å². The van der Waals surface area contributed by atoms with Crippen LogP contribution in [0.1, 0.15) is 23.6 Å². The predicted octanol–water partition coefficient (Wildman–Crippen LogP) is 2.87. The molecular weight excluding hydrogens is 250 g/mol. The van der Waals surface area contributed by atoms with Crippen LogP contribution in [0, 0.1) is 0 Å². The second-order valence-corrected chi connectivity index (χ2v) is 4.61. The highest BCUT2D eigenvalue weighted by molar-refractivity contribution is 5.29. The van der Waals surface area contributed by atoms with Crippen LogP contribution in [-0.4, -0.2) is 11.7 Å². The van der Waals surface area contributed by atoms with E-state index in [4.69, 9.17) is 4.74 Å². The van der Waals surface area contributed by atoms with E-state index in [1.165, 1.54) is 5.56 Å². The molecule has 20 heavy (non-hydrogen) atoms. The van der Waals surface area contributed by atoms with Crippen molar-refractivity contribution in [1.82, 2.24) is 5.32 Å². The van der Waals surface area contributed by atoms with Gasteiger partial charge in [0, 0.05) is 13.1 Å². The van der Waals surface area contributed by atoms with Crippen molar-refractivity contribution in [3.05, 3.63) is 65.2 Å². The molecule has 0 fully saturated rings. The Bertz CT molecular complexity index is 540. The molecule has 0 aliphatic carbocycles. The van der Waals surface area contributed by atoms with Gasteiger partial charge in [0.25, 0.3) is 0 Å². The first-order valence-electron chi connectivity index (χ1n) is 6.93. The van der Waals surface area contributed by atoms with E-state index < -0.39 is 0 Å². The summed E-state index contributed by atoms with van der Waals surface area (Å²) in [7, 11) is 0. The molecule has 3 heteroatoms. The van der Waals surface area contributed by atoms with Crippen molar-refractivity contribution in [3.8, 4) is 5.75 Å². The number of hydrogen-bond acceptors (Lipinski definition) is 3. The Balaban J connectivity index is 1.91. The van der Waals surface area contributed by atoms with Crippen LogP contribution >= 0.6 is 0 Å². The summed E-state index contributed by atoms with van der Waals surface area (Å²) >= 11 is 0. The summed E-state index contributed by atoms with van der Waals surface area (Å²) < 4.78 is 5.49. The highest BCUT2D eigenvalue weighted by Gasteiger charge is 2.01. The Morgan fingerprint density at radius 1 is 1.00 bits per heavy atom. The number of nitrogens with one attached hydrogen (secondary N) is 1. The van der Waals surface area contributed by atoms with Crippen LogP contribution in [0.15, 0.2) is 48.5 Å². The normalized spacial score (nSPS) is 10.5. The van der Waals surface area contributed by atoms with Crippen molar-refractivity contribution >= 4 is 0 Å². The van der Waals surface area contributed by atoms with Gasteiger partial charge in [0.05, 0.1) is 13.2 Å². The van der Waals surface area contributed by atoms with Crippen molar-refractivity contribution in [2.45, 2.75) is 26.6 Å². The topological polar surface area (TPSA) is 41.5 Å². The van der Waals surface area contributed by atoms with Crippen molar-refractivity contribution in [3.63, 3.8) is 0 Å². The minimum Gasteiger partial charge on any atom is -0.494 e. The standard InChI is InChI=1S/C17H21NO2/c1-2-20-17-9-5-6-14(10-17)11-18-12-15-7-3-4-8-16(15)13-19/h3-10,18-19H,2,11-13H2,1H3. The van der Waals surface area contributed by atoms with Crippen molar-refractivity contribution in [2.24, 2.45) is 0 Å². The molecule has 0 unspecified atom stereocenters. The predicted molar refractivity (Wildman–Crippen MR) is 80.5 cm³/mol. The van der Waals surface area contributed by atoms with E-state index in [0.29, 0.717) is 6.61 Å². The smallest absolute Gasteiger partial charge is 0.119 e. The number of aliphatic hydroxyl groups excluding tert-OH is 1. The van der Waals surface area contributed by atoms with Gasteiger partial charge < -0.3 is 15.2 Å². The van der Waals surface area contributed by atoms with Gasteiger partial charge in [-0.3, -0.25) is 0 Å². The lowest BCUT2D eigenvalue weighted by atomic mass is 10.1. The van der Waals surface area contributed by atoms with Crippen LogP contribution in [-0.2, 0) is 19.7 Å². The Hall–Kier alpha value is -1.84. The fraction of sp³-hybridized carbons (Fsp3) is 0.294. The molecule has 0 aliphatic heterocycles. The van der Waals surface area contributed by atoms with Crippen LogP contribution in [0.3, 0.4) is 0 Å². The maximum atomic E-state index is 9.29. The Morgan fingerprint density at radius 2 is 1.80 bits per heavy atom. The maximum absolute atomic E-state index is 9.29. The van der Waals surface area contributed by atoms with E-state index in [9.17, 15) is 5.11 Å². The number of benzene rings is 2. The van der Waals surface area contributed by atoms with Crippen LogP contribution in [0.4, 0.5) is 0 Å². The van der Waals surface area contributed by atoms with Gasteiger partial charge in [-0.15, -0.1) is 0 Å². The molecule has 2 aromatic carbocycles. The summed E-state index contributed by atoms with van der Waals surface area (Å²) in [6.07, 6.45) is 0. The van der Waals surface area contributed by atoms with Gasteiger partial charge in [0.15, 0.2) is 0 Å². The number of aliphatic hydroxyl groups is 1. The van der Waals surface area contributed by atoms with E-state index in [1.54, 1.807) is 0 Å². The molecule has 0 atom stereocenters.